The summed E-state index contributed by atoms with van der Waals surface area (Å²) in [5.41, 5.74) is 8.65. The Hall–Kier alpha value is -6.03. The summed E-state index contributed by atoms with van der Waals surface area (Å²) in [5.74, 6) is -3.83. The topological polar surface area (TPSA) is 203 Å². The molecule has 1 aliphatic heterocycles. The van der Waals surface area contributed by atoms with Crippen LogP contribution in [0.15, 0.2) is 102 Å². The van der Waals surface area contributed by atoms with E-state index in [9.17, 15) is 40.7 Å². The Kier molecular flexibility index (Phi) is 13.8. The van der Waals surface area contributed by atoms with E-state index in [1.54, 1.807) is 24.3 Å². The van der Waals surface area contributed by atoms with Crippen LogP contribution in [0.2, 0.25) is 0 Å². The number of carbonyl (C=O) groups excluding carboxylic acids is 3. The second-order valence-corrected chi connectivity index (χ2v) is 14.8. The number of carboxylic acids is 1. The number of likely N-dealkylation sites (tertiary alicyclic amines) is 1. The number of aromatic hydroxyl groups is 1. The van der Waals surface area contributed by atoms with Crippen LogP contribution in [0.3, 0.4) is 0 Å². The number of imide groups is 1. The molecule has 56 heavy (non-hydrogen) atoms. The molecule has 296 valence electrons. The summed E-state index contributed by atoms with van der Waals surface area (Å²) in [6.07, 6.45) is -3.77. The molecule has 4 N–H and O–H groups in total. The Labute approximate surface area is 319 Å². The average Bonchev–Trinajstić information content (AvgIpc) is 3.14. The number of alkyl halides is 3. The van der Waals surface area contributed by atoms with E-state index < -0.39 is 46.3 Å². The summed E-state index contributed by atoms with van der Waals surface area (Å²) >= 11 is 0. The van der Waals surface area contributed by atoms with Gasteiger partial charge in [-0.2, -0.15) is 26.9 Å². The molecule has 0 saturated carbocycles. The van der Waals surface area contributed by atoms with Gasteiger partial charge < -0.3 is 34.7 Å². The fourth-order valence-corrected chi connectivity index (χ4v) is 6.96. The number of nitrogens with two attached hydrogens (primary N) is 1. The Morgan fingerprint density at radius 1 is 1.00 bits per heavy atom. The van der Waals surface area contributed by atoms with E-state index in [1.165, 1.54) is 77.7 Å². The zero-order valence-electron chi connectivity index (χ0n) is 29.8. The van der Waals surface area contributed by atoms with Gasteiger partial charge in [-0.1, -0.05) is 24.3 Å². The van der Waals surface area contributed by atoms with E-state index in [0.29, 0.717) is 35.1 Å². The molecular weight excluding hydrogens is 763 g/mol. The third-order valence-electron chi connectivity index (χ3n) is 8.71. The third kappa shape index (κ3) is 12.0. The van der Waals surface area contributed by atoms with Gasteiger partial charge in [0.1, 0.15) is 41.3 Å². The van der Waals surface area contributed by atoms with Gasteiger partial charge in [-0.25, -0.2) is 9.18 Å². The number of rotatable bonds is 10. The molecule has 4 aromatic rings. The number of hydrogen-bond donors (Lipinski definition) is 3. The number of urea groups is 1. The number of nitriles is 1. The van der Waals surface area contributed by atoms with Gasteiger partial charge in [0.25, 0.3) is 0 Å². The molecule has 3 amide bonds. The summed E-state index contributed by atoms with van der Waals surface area (Å²) < 4.78 is 76.3. The normalized spacial score (nSPS) is 17.3. The molecule has 0 aliphatic carbocycles. The van der Waals surface area contributed by atoms with Crippen LogP contribution in [-0.2, 0) is 32.7 Å². The predicted molar refractivity (Wildman–Crippen MR) is 191 cm³/mol. The van der Waals surface area contributed by atoms with Crippen molar-refractivity contribution in [2.24, 2.45) is 5.73 Å². The Morgan fingerprint density at radius 2 is 1.57 bits per heavy atom. The van der Waals surface area contributed by atoms with Crippen LogP contribution in [0.5, 0.6) is 11.5 Å². The summed E-state index contributed by atoms with van der Waals surface area (Å²) in [5, 5.41) is 30.2. The maximum Gasteiger partial charge on any atom is 0.430 e. The number of phenolic OH excluding ortho intramolecular Hbond substituents is 1. The van der Waals surface area contributed by atoms with Gasteiger partial charge in [-0.15, -0.1) is 0 Å². The first-order chi connectivity index (χ1) is 26.3. The summed E-state index contributed by atoms with van der Waals surface area (Å²) in [4.78, 5) is 37.7. The van der Waals surface area contributed by atoms with Crippen molar-refractivity contribution >= 4 is 33.7 Å². The third-order valence-corrected chi connectivity index (χ3v) is 9.97. The second kappa shape index (κ2) is 18.1. The number of anilines is 1. The molecule has 1 unspecified atom stereocenters. The predicted octanol–water partition coefficient (Wildman–Crippen LogP) is 4.21. The number of quaternary nitrogens is 1. The first kappa shape index (κ1) is 42.7. The largest absolute Gasteiger partial charge is 0.542 e. The number of likely N-dealkylation sites (N-methyl/N-ethyl adjacent to an activating group) is 1. The fourth-order valence-electron chi connectivity index (χ4n) is 6.03. The number of piperidine rings is 1. The molecule has 1 saturated heterocycles. The highest BCUT2D eigenvalue weighted by molar-refractivity contribution is 7.87. The zero-order chi connectivity index (χ0) is 41.3. The van der Waals surface area contributed by atoms with Crippen LogP contribution < -0.4 is 20.3 Å². The van der Waals surface area contributed by atoms with Crippen molar-refractivity contribution in [2.45, 2.75) is 49.0 Å². The number of phenols is 1. The Bertz CT molecular complexity index is 2150. The van der Waals surface area contributed by atoms with Gasteiger partial charge in [0.15, 0.2) is 0 Å². The van der Waals surface area contributed by atoms with Crippen LogP contribution in [0.1, 0.15) is 29.5 Å². The molecule has 0 radical (unpaired) electrons. The average molecular weight is 800 g/mol. The van der Waals surface area contributed by atoms with Crippen molar-refractivity contribution < 1.29 is 59.2 Å². The molecule has 18 heteroatoms. The first-order valence-corrected chi connectivity index (χ1v) is 18.3. The molecule has 1 aliphatic rings. The van der Waals surface area contributed by atoms with E-state index in [1.807, 2.05) is 13.1 Å². The molecule has 1 fully saturated rings. The van der Waals surface area contributed by atoms with Gasteiger partial charge in [0, 0.05) is 11.3 Å². The van der Waals surface area contributed by atoms with Gasteiger partial charge in [-0.3, -0.25) is 9.69 Å². The number of carboxylic acid groups (broad SMARTS) is 1. The highest BCUT2D eigenvalue weighted by atomic mass is 32.2. The van der Waals surface area contributed by atoms with Gasteiger partial charge >= 0.3 is 22.3 Å². The van der Waals surface area contributed by atoms with Crippen LogP contribution in [0.4, 0.5) is 28.0 Å². The highest BCUT2D eigenvalue weighted by Crippen LogP contribution is 2.27. The quantitative estimate of drug-likeness (QED) is 0.119. The smallest absolute Gasteiger partial charge is 0.430 e. The summed E-state index contributed by atoms with van der Waals surface area (Å²) in [6, 6.07) is 23.2. The van der Waals surface area contributed by atoms with Gasteiger partial charge in [-0.05, 0) is 97.6 Å². The minimum atomic E-state index is -5.19. The van der Waals surface area contributed by atoms with Crippen molar-refractivity contribution in [3.05, 3.63) is 120 Å². The molecule has 4 aromatic carbocycles. The van der Waals surface area contributed by atoms with E-state index in [0.717, 1.165) is 18.5 Å². The van der Waals surface area contributed by atoms with Crippen molar-refractivity contribution in [3.8, 4) is 17.6 Å². The number of nitrogens with one attached hydrogen (secondary N) is 1. The van der Waals surface area contributed by atoms with Gasteiger partial charge in [0.05, 0.1) is 37.3 Å². The maximum absolute atomic E-state index is 14.0. The molecule has 3 atom stereocenters. The van der Waals surface area contributed by atoms with E-state index in [4.69, 9.17) is 25.1 Å². The SMILES string of the molecule is C[N+]1(Cc2ccc(F)cc2)CCC[C@H](N(C(=O)Nc2ccc(OS(=O)(=O)c3ccc(C#N)cc3)cc2)C(=O)[C@@H](N)Cc2ccc(O)cc2)C1.O=C([O-])C(F)(F)F. The van der Waals surface area contributed by atoms with Gasteiger partial charge in [0.2, 0.25) is 5.91 Å². The lowest BCUT2D eigenvalue weighted by Gasteiger charge is -2.44. The second-order valence-electron chi connectivity index (χ2n) is 13.2. The van der Waals surface area contributed by atoms with E-state index >= 15 is 0 Å². The Morgan fingerprint density at radius 3 is 2.12 bits per heavy atom. The van der Waals surface area contributed by atoms with Crippen molar-refractivity contribution in [3.63, 3.8) is 0 Å². The van der Waals surface area contributed by atoms with Crippen LogP contribution in [-0.4, -0.2) is 79.2 Å². The number of halogens is 4. The number of hydrogen-bond acceptors (Lipinski definition) is 10. The number of nitrogens with zero attached hydrogens (tertiary/aromatic N) is 3. The lowest BCUT2D eigenvalue weighted by molar-refractivity contribution is -0.928. The van der Waals surface area contributed by atoms with Crippen molar-refractivity contribution in [1.82, 2.24) is 4.90 Å². The molecule has 0 spiro atoms. The minimum Gasteiger partial charge on any atom is -0.542 e. The molecule has 1 heterocycles. The maximum atomic E-state index is 14.0. The zero-order valence-corrected chi connectivity index (χ0v) is 30.6. The number of aliphatic carboxylic acids is 1. The van der Waals surface area contributed by atoms with Crippen molar-refractivity contribution in [1.29, 1.82) is 5.26 Å². The Balaban J connectivity index is 0.000000908. The fraction of sp³-hybridized carbons (Fsp3) is 0.263. The van der Waals surface area contributed by atoms with Crippen molar-refractivity contribution in [2.75, 3.05) is 25.5 Å². The molecule has 5 rings (SSSR count). The first-order valence-electron chi connectivity index (χ1n) is 16.9. The van der Waals surface area contributed by atoms with E-state index in [-0.39, 0.29) is 34.3 Å². The minimum absolute atomic E-state index is 0.00708. The molecule has 0 aromatic heterocycles. The standard InChI is InChI=1S/C36H36FN5O6S.C2HF3O2/c1-42(23-27-4-10-28(37)11-5-27)20-2-3-30(24-42)41(35(44)34(39)21-25-6-14-31(43)15-7-25)36(45)40-29-12-16-32(17-13-29)48-49(46,47)33-18-8-26(22-38)9-19-33;3-2(4,5)1(6)7/h4-19,30,34H,2-3,20-21,23-24,39H2,1H3,(H-,40,43,45);(H,6,7)/t30-,34-,42?;/m0./s1. The molecule has 0 bridgehead atoms. The lowest BCUT2D eigenvalue weighted by Crippen LogP contribution is -2.62. The summed E-state index contributed by atoms with van der Waals surface area (Å²) in [6.45, 7) is 1.82. The lowest BCUT2D eigenvalue weighted by atomic mass is 9.98. The van der Waals surface area contributed by atoms with Crippen LogP contribution >= 0.6 is 0 Å². The molecule has 13 nitrogen and oxygen atoms in total. The highest BCUT2D eigenvalue weighted by Gasteiger charge is 2.41. The number of carbonyl (C=O) groups is 3. The van der Waals surface area contributed by atoms with Crippen LogP contribution in [0, 0.1) is 17.1 Å². The summed E-state index contributed by atoms with van der Waals surface area (Å²) in [7, 11) is -2.15. The monoisotopic (exact) mass is 799 g/mol. The molecular formula is C38H37F4N5O8S. The van der Waals surface area contributed by atoms with E-state index in [2.05, 4.69) is 5.32 Å². The number of benzene rings is 4. The van der Waals surface area contributed by atoms with Crippen LogP contribution in [0.25, 0.3) is 0 Å². The number of amides is 3.